The molecule has 34 heavy (non-hydrogen) atoms. The van der Waals surface area contributed by atoms with E-state index in [4.69, 9.17) is 15.2 Å². The van der Waals surface area contributed by atoms with Crippen LogP contribution in [-0.4, -0.2) is 34.7 Å². The molecule has 0 aliphatic heterocycles. The number of aliphatic hydroxyl groups excluding tert-OH is 2. The summed E-state index contributed by atoms with van der Waals surface area (Å²) in [5.74, 6) is -0.00258. The maximum atomic E-state index is 12.2. The summed E-state index contributed by atoms with van der Waals surface area (Å²) >= 11 is 0. The second kappa shape index (κ2) is 15.5. The molecule has 0 fully saturated rings. The van der Waals surface area contributed by atoms with Crippen LogP contribution in [0.25, 0.3) is 34.5 Å². The summed E-state index contributed by atoms with van der Waals surface area (Å²) in [6, 6.07) is 18.5. The second-order valence-electron chi connectivity index (χ2n) is 7.22. The van der Waals surface area contributed by atoms with Gasteiger partial charge < -0.3 is 10.2 Å². The number of carbonyl (C=O) groups excluding carboxylic acids is 1. The van der Waals surface area contributed by atoms with E-state index in [2.05, 4.69) is 43.0 Å². The van der Waals surface area contributed by atoms with Crippen molar-refractivity contribution in [3.8, 4) is 22.4 Å². The normalized spacial score (nSPS) is 10.1. The summed E-state index contributed by atoms with van der Waals surface area (Å²) in [5, 5.41) is 16.0. The largest absolute Gasteiger partial charge is 0.400 e. The molecular formula is C30H37NO3. The Balaban J connectivity index is 0.00000137. The molecule has 0 aliphatic carbocycles. The average molecular weight is 460 g/mol. The Labute approximate surface area is 204 Å². The van der Waals surface area contributed by atoms with E-state index in [1.54, 1.807) is 13.0 Å². The Bertz CT molecular complexity index is 1070. The lowest BCUT2D eigenvalue weighted by Crippen LogP contribution is -2.02. The summed E-state index contributed by atoms with van der Waals surface area (Å²) in [7, 11) is 1.00. The van der Waals surface area contributed by atoms with Crippen molar-refractivity contribution >= 4 is 17.9 Å². The van der Waals surface area contributed by atoms with E-state index in [1.807, 2.05) is 51.1 Å². The molecule has 4 nitrogen and oxygen atoms in total. The molecule has 3 rings (SSSR count). The van der Waals surface area contributed by atoms with Crippen molar-refractivity contribution < 1.29 is 15.0 Å². The Hall–Kier alpha value is -3.34. The third-order valence-corrected chi connectivity index (χ3v) is 5.09. The van der Waals surface area contributed by atoms with E-state index >= 15 is 0 Å². The molecule has 1 aromatic heterocycles. The number of pyridine rings is 1. The molecule has 3 aromatic rings. The Morgan fingerprint density at radius 3 is 1.97 bits per heavy atom. The molecular weight excluding hydrogens is 422 g/mol. The highest BCUT2D eigenvalue weighted by Gasteiger charge is 2.13. The fourth-order valence-corrected chi connectivity index (χ4v) is 3.49. The minimum absolute atomic E-state index is 0.00258. The van der Waals surface area contributed by atoms with E-state index in [0.717, 1.165) is 53.6 Å². The Morgan fingerprint density at radius 1 is 0.971 bits per heavy atom. The Morgan fingerprint density at radius 2 is 1.50 bits per heavy atom. The maximum absolute atomic E-state index is 12.2. The van der Waals surface area contributed by atoms with Crippen molar-refractivity contribution in [2.45, 2.75) is 40.5 Å². The van der Waals surface area contributed by atoms with Crippen LogP contribution in [0.2, 0.25) is 0 Å². The van der Waals surface area contributed by atoms with Crippen LogP contribution >= 0.6 is 0 Å². The standard InChI is InChI=1S/C27H27NO2.C2H6.CH4O/c1-4-7-26-24(5-2)25(19(3)30)18-27(28-26)23-15-13-22(14-16-23)21-11-9-20(10-12-21)8-6-17-29;2*1-2/h4-5,7,9-16,18,29H,2,6,8,17H2,1,3H3;1-2H3;2H,1H3/b7-4-;;. The molecule has 0 unspecified atom stereocenters. The van der Waals surface area contributed by atoms with Crippen molar-refractivity contribution in [2.24, 2.45) is 0 Å². The van der Waals surface area contributed by atoms with Crippen molar-refractivity contribution in [3.63, 3.8) is 0 Å². The fourth-order valence-electron chi connectivity index (χ4n) is 3.49. The first-order valence-corrected chi connectivity index (χ1v) is 11.6. The monoisotopic (exact) mass is 459 g/mol. The van der Waals surface area contributed by atoms with Crippen LogP contribution in [0.15, 0.2) is 67.3 Å². The van der Waals surface area contributed by atoms with E-state index in [-0.39, 0.29) is 12.4 Å². The number of rotatable bonds is 8. The van der Waals surface area contributed by atoms with Gasteiger partial charge in [-0.2, -0.15) is 0 Å². The van der Waals surface area contributed by atoms with Crippen LogP contribution in [0.3, 0.4) is 0 Å². The smallest absolute Gasteiger partial charge is 0.160 e. The van der Waals surface area contributed by atoms with Gasteiger partial charge in [0.25, 0.3) is 0 Å². The van der Waals surface area contributed by atoms with Gasteiger partial charge in [-0.3, -0.25) is 4.79 Å². The van der Waals surface area contributed by atoms with Crippen LogP contribution in [-0.2, 0) is 6.42 Å². The summed E-state index contributed by atoms with van der Waals surface area (Å²) in [4.78, 5) is 16.9. The average Bonchev–Trinajstić information content (AvgIpc) is 2.90. The number of aliphatic hydroxyl groups is 2. The quantitative estimate of drug-likeness (QED) is 0.361. The maximum Gasteiger partial charge on any atom is 0.160 e. The zero-order valence-corrected chi connectivity index (χ0v) is 21.0. The van der Waals surface area contributed by atoms with Crippen molar-refractivity contribution in [1.29, 1.82) is 0 Å². The first kappa shape index (κ1) is 28.7. The second-order valence-corrected chi connectivity index (χ2v) is 7.22. The number of carbonyl (C=O) groups is 1. The number of aryl methyl sites for hydroxylation is 1. The van der Waals surface area contributed by atoms with Crippen LogP contribution in [0.4, 0.5) is 0 Å². The molecule has 0 saturated heterocycles. The topological polar surface area (TPSA) is 70.4 Å². The zero-order valence-electron chi connectivity index (χ0n) is 21.0. The number of allylic oxidation sites excluding steroid dienone is 1. The predicted octanol–water partition coefficient (Wildman–Crippen LogP) is 6.85. The summed E-state index contributed by atoms with van der Waals surface area (Å²) in [6.45, 7) is 11.6. The molecule has 0 spiro atoms. The highest BCUT2D eigenvalue weighted by atomic mass is 16.3. The summed E-state index contributed by atoms with van der Waals surface area (Å²) in [5.41, 5.74) is 7.36. The van der Waals surface area contributed by atoms with Gasteiger partial charge in [0.15, 0.2) is 5.78 Å². The highest BCUT2D eigenvalue weighted by molar-refractivity contribution is 5.99. The highest BCUT2D eigenvalue weighted by Crippen LogP contribution is 2.28. The molecule has 4 heteroatoms. The molecule has 0 atom stereocenters. The van der Waals surface area contributed by atoms with Gasteiger partial charge in [-0.25, -0.2) is 4.98 Å². The summed E-state index contributed by atoms with van der Waals surface area (Å²) < 4.78 is 0. The van der Waals surface area contributed by atoms with Gasteiger partial charge in [0.05, 0.1) is 11.4 Å². The zero-order chi connectivity index (χ0) is 25.5. The molecule has 0 aliphatic rings. The number of aromatic nitrogens is 1. The molecule has 0 radical (unpaired) electrons. The molecule has 2 aromatic carbocycles. The molecule has 0 bridgehead atoms. The van der Waals surface area contributed by atoms with Gasteiger partial charge in [-0.05, 0) is 55.5 Å². The van der Waals surface area contributed by atoms with Gasteiger partial charge in [-0.15, -0.1) is 0 Å². The van der Waals surface area contributed by atoms with Crippen molar-refractivity contribution in [2.75, 3.05) is 13.7 Å². The summed E-state index contributed by atoms with van der Waals surface area (Å²) in [6.07, 6.45) is 7.17. The third-order valence-electron chi connectivity index (χ3n) is 5.09. The number of ketones is 1. The van der Waals surface area contributed by atoms with Crippen LogP contribution in [0, 0.1) is 0 Å². The molecule has 0 saturated carbocycles. The van der Waals surface area contributed by atoms with E-state index in [1.165, 1.54) is 5.56 Å². The lowest BCUT2D eigenvalue weighted by molar-refractivity contribution is 0.101. The SMILES string of the molecule is C=Cc1c(C(C)=O)cc(-c2ccc(-c3ccc(CCCO)cc3)cc2)nc1/C=C\C.CC.CO. The molecule has 0 amide bonds. The third kappa shape index (κ3) is 7.62. The van der Waals surface area contributed by atoms with Gasteiger partial charge in [0.2, 0.25) is 0 Å². The van der Waals surface area contributed by atoms with Crippen LogP contribution < -0.4 is 0 Å². The van der Waals surface area contributed by atoms with Crippen LogP contribution in [0.5, 0.6) is 0 Å². The van der Waals surface area contributed by atoms with E-state index < -0.39 is 0 Å². The molecule has 1 heterocycles. The van der Waals surface area contributed by atoms with Gasteiger partial charge in [-0.1, -0.05) is 81.1 Å². The minimum atomic E-state index is -0.00258. The number of benzene rings is 2. The van der Waals surface area contributed by atoms with E-state index in [0.29, 0.717) is 5.56 Å². The van der Waals surface area contributed by atoms with Gasteiger partial charge in [0.1, 0.15) is 0 Å². The number of Topliss-reactive ketones (excluding diaryl/α,β-unsaturated/α-hetero) is 1. The first-order valence-electron chi connectivity index (χ1n) is 11.6. The van der Waals surface area contributed by atoms with Crippen molar-refractivity contribution in [1.82, 2.24) is 4.98 Å². The predicted molar refractivity (Wildman–Crippen MR) is 145 cm³/mol. The van der Waals surface area contributed by atoms with Crippen molar-refractivity contribution in [3.05, 3.63) is 89.6 Å². The number of hydrogen-bond donors (Lipinski definition) is 2. The number of nitrogens with zero attached hydrogens (tertiary/aromatic N) is 1. The van der Waals surface area contributed by atoms with Crippen LogP contribution in [0.1, 0.15) is 61.3 Å². The lowest BCUT2D eigenvalue weighted by Gasteiger charge is -2.11. The minimum Gasteiger partial charge on any atom is -0.400 e. The van der Waals surface area contributed by atoms with E-state index in [9.17, 15) is 4.79 Å². The fraction of sp³-hybridized carbons (Fsp3) is 0.267. The van der Waals surface area contributed by atoms with Gasteiger partial charge in [0, 0.05) is 30.4 Å². The Kier molecular flexibility index (Phi) is 13.1. The first-order chi connectivity index (χ1) is 16.6. The molecule has 2 N–H and O–H groups in total. The lowest BCUT2D eigenvalue weighted by atomic mass is 9.97. The molecule has 180 valence electrons. The number of hydrogen-bond acceptors (Lipinski definition) is 4. The van der Waals surface area contributed by atoms with Gasteiger partial charge >= 0.3 is 0 Å².